The highest BCUT2D eigenvalue weighted by Crippen LogP contribution is 2.42. The smallest absolute Gasteiger partial charge is 0.309 e. The number of rotatable bonds is 2. The van der Waals surface area contributed by atoms with E-state index in [0.29, 0.717) is 29.1 Å². The van der Waals surface area contributed by atoms with Gasteiger partial charge in [-0.1, -0.05) is 20.8 Å². The van der Waals surface area contributed by atoms with E-state index >= 15 is 0 Å². The molecule has 1 aliphatic carbocycles. The molecular formula is C15H21BrFNO3. The van der Waals surface area contributed by atoms with Gasteiger partial charge in [-0.05, 0) is 35.2 Å². The molecule has 0 radical (unpaired) electrons. The summed E-state index contributed by atoms with van der Waals surface area (Å²) in [4.78, 5) is 16.5. The number of nitrogens with zero attached hydrogens (tertiary/aromatic N) is 1. The summed E-state index contributed by atoms with van der Waals surface area (Å²) in [6.07, 6.45) is 0.220. The van der Waals surface area contributed by atoms with Gasteiger partial charge in [0.2, 0.25) is 5.89 Å². The van der Waals surface area contributed by atoms with Crippen molar-refractivity contribution in [2.45, 2.75) is 57.5 Å². The Labute approximate surface area is 132 Å². The van der Waals surface area contributed by atoms with Crippen LogP contribution < -0.4 is 0 Å². The third-order valence-corrected chi connectivity index (χ3v) is 4.46. The zero-order chi connectivity index (χ0) is 15.8. The molecule has 1 saturated carbocycles. The molecule has 118 valence electrons. The van der Waals surface area contributed by atoms with Crippen LogP contribution >= 0.6 is 15.9 Å². The number of hydrogen-bond acceptors (Lipinski definition) is 4. The molecule has 2 rings (SSSR count). The molecule has 0 aromatic carbocycles. The standard InChI is InChI=1S/C15H21BrFNO3/c1-15(2,3)14-18-11(12(16)21-14)9-6-5-8(17)7-10(9)13(19)20-4/h8-10H,5-7H2,1-4H3. The number of carbonyl (C=O) groups is 1. The van der Waals surface area contributed by atoms with E-state index in [4.69, 9.17) is 9.15 Å². The molecule has 1 aliphatic rings. The number of methoxy groups -OCH3 is 1. The van der Waals surface area contributed by atoms with Crippen molar-refractivity contribution in [1.82, 2.24) is 4.98 Å². The van der Waals surface area contributed by atoms with Gasteiger partial charge in [-0.2, -0.15) is 0 Å². The van der Waals surface area contributed by atoms with E-state index in [1.807, 2.05) is 20.8 Å². The first-order valence-corrected chi connectivity index (χ1v) is 7.92. The molecular weight excluding hydrogens is 341 g/mol. The van der Waals surface area contributed by atoms with E-state index in [1.165, 1.54) is 7.11 Å². The highest BCUT2D eigenvalue weighted by Gasteiger charge is 2.40. The maximum atomic E-state index is 13.7. The number of ether oxygens (including phenoxy) is 1. The fraction of sp³-hybridized carbons (Fsp3) is 0.733. The Morgan fingerprint density at radius 1 is 1.43 bits per heavy atom. The summed E-state index contributed by atoms with van der Waals surface area (Å²) in [5.41, 5.74) is 0.473. The monoisotopic (exact) mass is 361 g/mol. The minimum absolute atomic E-state index is 0.168. The van der Waals surface area contributed by atoms with Crippen molar-refractivity contribution in [2.75, 3.05) is 7.11 Å². The molecule has 0 spiro atoms. The predicted molar refractivity (Wildman–Crippen MR) is 79.9 cm³/mol. The first-order chi connectivity index (χ1) is 9.74. The summed E-state index contributed by atoms with van der Waals surface area (Å²) < 4.78 is 24.7. The number of esters is 1. The molecule has 3 atom stereocenters. The normalized spacial score (nSPS) is 26.7. The maximum absolute atomic E-state index is 13.7. The molecule has 6 heteroatoms. The summed E-state index contributed by atoms with van der Waals surface area (Å²) in [5.74, 6) is -0.448. The predicted octanol–water partition coefficient (Wildman–Crippen LogP) is 4.13. The van der Waals surface area contributed by atoms with E-state index in [1.54, 1.807) is 0 Å². The molecule has 0 N–H and O–H groups in total. The van der Waals surface area contributed by atoms with E-state index in [2.05, 4.69) is 20.9 Å². The van der Waals surface area contributed by atoms with E-state index in [0.717, 1.165) is 0 Å². The van der Waals surface area contributed by atoms with Crippen LogP contribution in [0.2, 0.25) is 0 Å². The molecule has 1 aromatic heterocycles. The van der Waals surface area contributed by atoms with Gasteiger partial charge in [0.05, 0.1) is 18.7 Å². The quantitative estimate of drug-likeness (QED) is 0.743. The van der Waals surface area contributed by atoms with Gasteiger partial charge in [0, 0.05) is 11.3 Å². The lowest BCUT2D eigenvalue weighted by Gasteiger charge is -2.30. The van der Waals surface area contributed by atoms with Gasteiger partial charge >= 0.3 is 5.97 Å². The van der Waals surface area contributed by atoms with E-state index in [9.17, 15) is 9.18 Å². The number of alkyl halides is 1. The molecule has 1 aromatic rings. The third kappa shape index (κ3) is 3.47. The molecule has 3 unspecified atom stereocenters. The van der Waals surface area contributed by atoms with Crippen LogP contribution in [0.5, 0.6) is 0 Å². The lowest BCUT2D eigenvalue weighted by atomic mass is 9.77. The topological polar surface area (TPSA) is 52.3 Å². The SMILES string of the molecule is COC(=O)C1CC(F)CCC1c1nc(C(C)(C)C)oc1Br. The van der Waals surface area contributed by atoms with Gasteiger partial charge in [-0.25, -0.2) is 9.37 Å². The number of aromatic nitrogens is 1. The van der Waals surface area contributed by atoms with Gasteiger partial charge in [-0.15, -0.1) is 0 Å². The van der Waals surface area contributed by atoms with Gasteiger partial charge < -0.3 is 9.15 Å². The zero-order valence-corrected chi connectivity index (χ0v) is 14.4. The fourth-order valence-electron chi connectivity index (χ4n) is 2.72. The molecule has 21 heavy (non-hydrogen) atoms. The van der Waals surface area contributed by atoms with Crippen LogP contribution in [0.3, 0.4) is 0 Å². The van der Waals surface area contributed by atoms with E-state index in [-0.39, 0.29) is 23.7 Å². The second-order valence-electron chi connectivity index (χ2n) is 6.57. The number of halogens is 2. The molecule has 1 heterocycles. The Kier molecular flexibility index (Phi) is 4.76. The third-order valence-electron chi connectivity index (χ3n) is 3.89. The average Bonchev–Trinajstić information content (AvgIpc) is 2.80. The summed E-state index contributed by atoms with van der Waals surface area (Å²) in [6, 6.07) is 0. The lowest BCUT2D eigenvalue weighted by molar-refractivity contribution is -0.148. The summed E-state index contributed by atoms with van der Waals surface area (Å²) >= 11 is 3.38. The van der Waals surface area contributed by atoms with Crippen LogP contribution in [0.4, 0.5) is 4.39 Å². The first-order valence-electron chi connectivity index (χ1n) is 7.12. The summed E-state index contributed by atoms with van der Waals surface area (Å²) in [7, 11) is 1.33. The Hall–Kier alpha value is -0.910. The number of hydrogen-bond donors (Lipinski definition) is 0. The fourth-order valence-corrected chi connectivity index (χ4v) is 3.26. The van der Waals surface area contributed by atoms with Crippen molar-refractivity contribution in [1.29, 1.82) is 0 Å². The number of oxazole rings is 1. The highest BCUT2D eigenvalue weighted by atomic mass is 79.9. The van der Waals surface area contributed by atoms with Crippen molar-refractivity contribution < 1.29 is 18.3 Å². The lowest BCUT2D eigenvalue weighted by Crippen LogP contribution is -2.31. The highest BCUT2D eigenvalue weighted by molar-refractivity contribution is 9.10. The second kappa shape index (κ2) is 6.07. The van der Waals surface area contributed by atoms with Gasteiger partial charge in [0.1, 0.15) is 6.17 Å². The van der Waals surface area contributed by atoms with Gasteiger partial charge in [-0.3, -0.25) is 4.79 Å². The van der Waals surface area contributed by atoms with Crippen molar-refractivity contribution in [3.8, 4) is 0 Å². The minimum atomic E-state index is -0.960. The minimum Gasteiger partial charge on any atom is -0.469 e. The summed E-state index contributed by atoms with van der Waals surface area (Å²) in [6.45, 7) is 6.02. The Morgan fingerprint density at radius 2 is 2.10 bits per heavy atom. The maximum Gasteiger partial charge on any atom is 0.309 e. The molecule has 0 saturated heterocycles. The Morgan fingerprint density at radius 3 is 2.62 bits per heavy atom. The average molecular weight is 362 g/mol. The Bertz CT molecular complexity index is 523. The van der Waals surface area contributed by atoms with Crippen molar-refractivity contribution in [3.05, 3.63) is 16.3 Å². The van der Waals surface area contributed by atoms with Crippen molar-refractivity contribution >= 4 is 21.9 Å². The Balaban J connectivity index is 2.34. The largest absolute Gasteiger partial charge is 0.469 e. The first kappa shape index (κ1) is 16.5. The number of carbonyl (C=O) groups excluding carboxylic acids is 1. The van der Waals surface area contributed by atoms with Crippen molar-refractivity contribution in [2.24, 2.45) is 5.92 Å². The van der Waals surface area contributed by atoms with Gasteiger partial charge in [0.25, 0.3) is 0 Å². The second-order valence-corrected chi connectivity index (χ2v) is 7.29. The van der Waals surface area contributed by atoms with Crippen LogP contribution in [-0.2, 0) is 14.9 Å². The molecule has 4 nitrogen and oxygen atoms in total. The zero-order valence-electron chi connectivity index (χ0n) is 12.8. The van der Waals surface area contributed by atoms with Gasteiger partial charge in [0.15, 0.2) is 4.67 Å². The van der Waals surface area contributed by atoms with Crippen LogP contribution in [0, 0.1) is 5.92 Å². The summed E-state index contributed by atoms with van der Waals surface area (Å²) in [5, 5.41) is 0. The molecule has 0 aliphatic heterocycles. The van der Waals surface area contributed by atoms with E-state index < -0.39 is 12.1 Å². The molecule has 1 fully saturated rings. The van der Waals surface area contributed by atoms with Crippen molar-refractivity contribution in [3.63, 3.8) is 0 Å². The van der Waals surface area contributed by atoms with Crippen LogP contribution in [0.15, 0.2) is 9.09 Å². The van der Waals surface area contributed by atoms with Crippen LogP contribution in [0.1, 0.15) is 57.5 Å². The van der Waals surface area contributed by atoms with Crippen LogP contribution in [0.25, 0.3) is 0 Å². The van der Waals surface area contributed by atoms with Crippen LogP contribution in [-0.4, -0.2) is 24.2 Å². The molecule has 0 bridgehead atoms. The molecule has 0 amide bonds.